The predicted molar refractivity (Wildman–Crippen MR) is 117 cm³/mol. The van der Waals surface area contributed by atoms with Gasteiger partial charge in [0.2, 0.25) is 0 Å². The third-order valence-electron chi connectivity index (χ3n) is 10.4. The van der Waals surface area contributed by atoms with Gasteiger partial charge < -0.3 is 4.43 Å². The van der Waals surface area contributed by atoms with Crippen molar-refractivity contribution in [3.8, 4) is 0 Å². The molecular formula is C25H40O2Si. The van der Waals surface area contributed by atoms with Crippen LogP contribution in [0.1, 0.15) is 85.5 Å². The molecule has 2 nitrogen and oxygen atoms in total. The van der Waals surface area contributed by atoms with Crippen molar-refractivity contribution >= 4 is 14.1 Å². The fourth-order valence-corrected chi connectivity index (χ4v) is 9.47. The second kappa shape index (κ2) is 5.84. The van der Waals surface area contributed by atoms with Crippen molar-refractivity contribution in [2.24, 2.45) is 29.1 Å². The number of ketones is 1. The van der Waals surface area contributed by atoms with Gasteiger partial charge in [0.25, 0.3) is 0 Å². The summed E-state index contributed by atoms with van der Waals surface area (Å²) in [6.45, 7) is 14.7. The molecule has 5 aliphatic rings. The summed E-state index contributed by atoms with van der Waals surface area (Å²) in [4.78, 5) is 12.0. The molecule has 0 heterocycles. The minimum Gasteiger partial charge on any atom is -0.410 e. The summed E-state index contributed by atoms with van der Waals surface area (Å²) in [5.41, 5.74) is 3.87. The third kappa shape index (κ3) is 2.50. The van der Waals surface area contributed by atoms with Crippen LogP contribution >= 0.6 is 0 Å². The highest BCUT2D eigenvalue weighted by Gasteiger charge is 2.76. The van der Waals surface area contributed by atoms with Crippen LogP contribution in [0.25, 0.3) is 0 Å². The highest BCUT2D eigenvalue weighted by molar-refractivity contribution is 6.74. The zero-order chi connectivity index (χ0) is 20.1. The number of hydrogen-bond acceptors (Lipinski definition) is 2. The first-order chi connectivity index (χ1) is 13.0. The van der Waals surface area contributed by atoms with Crippen LogP contribution in [-0.4, -0.2) is 19.7 Å². The lowest BCUT2D eigenvalue weighted by Gasteiger charge is -2.55. The quantitative estimate of drug-likeness (QED) is 0.382. The first-order valence-corrected chi connectivity index (χ1v) is 14.8. The summed E-state index contributed by atoms with van der Waals surface area (Å²) in [6, 6.07) is 0. The largest absolute Gasteiger partial charge is 0.410 e. The molecule has 0 N–H and O–H groups in total. The Kier molecular flexibility index (Phi) is 4.08. The topological polar surface area (TPSA) is 26.3 Å². The molecule has 6 atom stereocenters. The van der Waals surface area contributed by atoms with E-state index in [1.807, 2.05) is 0 Å². The summed E-state index contributed by atoms with van der Waals surface area (Å²) < 4.78 is 7.28. The number of fused-ring (bicyclic) bond motifs is 6. The minimum atomic E-state index is -1.75. The number of carbonyl (C=O) groups excluding carboxylic acids is 1. The number of allylic oxidation sites excluding steroid dienone is 2. The molecule has 156 valence electrons. The molecule has 0 radical (unpaired) electrons. The average molecular weight is 401 g/mol. The van der Waals surface area contributed by atoms with Gasteiger partial charge in [-0.3, -0.25) is 4.79 Å². The van der Waals surface area contributed by atoms with E-state index >= 15 is 0 Å². The van der Waals surface area contributed by atoms with Gasteiger partial charge in [0, 0.05) is 12.8 Å². The molecule has 3 saturated carbocycles. The third-order valence-corrected chi connectivity index (χ3v) is 14.9. The lowest BCUT2D eigenvalue weighted by Crippen LogP contribution is -2.54. The number of Topliss-reactive ketones (excluding diaryl/α,β-unsaturated/α-hetero) is 1. The van der Waals surface area contributed by atoms with Gasteiger partial charge in [-0.05, 0) is 92.2 Å². The van der Waals surface area contributed by atoms with Crippen LogP contribution in [0.4, 0.5) is 0 Å². The Morgan fingerprint density at radius 1 is 1.11 bits per heavy atom. The van der Waals surface area contributed by atoms with E-state index in [1.54, 1.807) is 11.1 Å². The normalized spacial score (nSPS) is 45.3. The van der Waals surface area contributed by atoms with E-state index in [-0.39, 0.29) is 5.60 Å². The van der Waals surface area contributed by atoms with Crippen LogP contribution in [-0.2, 0) is 9.22 Å². The zero-order valence-electron chi connectivity index (χ0n) is 19.0. The number of carbonyl (C=O) groups is 1. The fraction of sp³-hybridized carbons (Fsp3) is 0.880. The predicted octanol–water partition coefficient (Wildman–Crippen LogP) is 6.66. The van der Waals surface area contributed by atoms with Crippen molar-refractivity contribution in [1.29, 1.82) is 0 Å². The van der Waals surface area contributed by atoms with E-state index in [2.05, 4.69) is 40.8 Å². The highest BCUT2D eigenvalue weighted by Crippen LogP contribution is 2.76. The van der Waals surface area contributed by atoms with Gasteiger partial charge in [-0.25, -0.2) is 0 Å². The Balaban J connectivity index is 1.42. The van der Waals surface area contributed by atoms with E-state index < -0.39 is 8.32 Å². The van der Waals surface area contributed by atoms with Gasteiger partial charge >= 0.3 is 0 Å². The van der Waals surface area contributed by atoms with Crippen molar-refractivity contribution in [1.82, 2.24) is 0 Å². The lowest BCUT2D eigenvalue weighted by molar-refractivity contribution is -0.119. The van der Waals surface area contributed by atoms with Gasteiger partial charge in [-0.1, -0.05) is 38.8 Å². The summed E-state index contributed by atoms with van der Waals surface area (Å²) >= 11 is 0. The van der Waals surface area contributed by atoms with E-state index in [0.29, 0.717) is 16.2 Å². The molecule has 0 aliphatic heterocycles. The van der Waals surface area contributed by atoms with Gasteiger partial charge in [0.15, 0.2) is 8.32 Å². The molecule has 3 fully saturated rings. The molecule has 0 bridgehead atoms. The van der Waals surface area contributed by atoms with Crippen LogP contribution in [0.5, 0.6) is 0 Å². The minimum absolute atomic E-state index is 0.197. The first kappa shape index (κ1) is 19.5. The standard InChI is InChI=1S/C25H40O2Si/c1-23(2,3)28(5,6)27-25-15-17(25)14-22-21-9-7-16-13-18(26)8-10-19(16)20(21)11-12-24(22,25)4/h17,20-22H,7-15H2,1-6H3/t17-,20+,21+,22-,24-,25-/m0/s1. The summed E-state index contributed by atoms with van der Waals surface area (Å²) in [5, 5.41) is 0.291. The monoisotopic (exact) mass is 400 g/mol. The molecule has 0 aromatic heterocycles. The molecule has 5 rings (SSSR count). The Labute approximate surface area is 173 Å². The molecule has 0 amide bonds. The smallest absolute Gasteiger partial charge is 0.192 e. The molecule has 0 unspecified atom stereocenters. The Morgan fingerprint density at radius 3 is 2.57 bits per heavy atom. The van der Waals surface area contributed by atoms with E-state index in [4.69, 9.17) is 4.43 Å². The van der Waals surface area contributed by atoms with Gasteiger partial charge in [0.05, 0.1) is 5.60 Å². The van der Waals surface area contributed by atoms with Crippen molar-refractivity contribution in [3.05, 3.63) is 11.1 Å². The molecule has 3 heteroatoms. The Hall–Kier alpha value is -0.413. The van der Waals surface area contributed by atoms with E-state index in [9.17, 15) is 4.79 Å². The molecule has 0 aromatic carbocycles. The molecule has 28 heavy (non-hydrogen) atoms. The van der Waals surface area contributed by atoms with Crippen LogP contribution in [0.2, 0.25) is 18.1 Å². The van der Waals surface area contributed by atoms with Crippen molar-refractivity contribution in [2.45, 2.75) is 109 Å². The zero-order valence-corrected chi connectivity index (χ0v) is 20.0. The summed E-state index contributed by atoms with van der Waals surface area (Å²) in [5.74, 6) is 3.80. The SMILES string of the molecule is CC(C)(C)[Si](C)(C)O[C@@]12C[C@@H]1C[C@H]1[C@@H]3CCC4=C(CCC(=O)C4)[C@H]3CC[C@@]12C. The maximum atomic E-state index is 12.0. The van der Waals surface area contributed by atoms with Crippen LogP contribution in [0.15, 0.2) is 11.1 Å². The van der Waals surface area contributed by atoms with Crippen molar-refractivity contribution < 1.29 is 9.22 Å². The van der Waals surface area contributed by atoms with E-state index in [1.165, 1.54) is 38.5 Å². The first-order valence-electron chi connectivity index (χ1n) is 11.9. The van der Waals surface area contributed by atoms with Gasteiger partial charge in [-0.2, -0.15) is 0 Å². The average Bonchev–Trinajstić information content (AvgIpc) is 3.23. The van der Waals surface area contributed by atoms with Gasteiger partial charge in [0.1, 0.15) is 5.78 Å². The molecular weight excluding hydrogens is 360 g/mol. The van der Waals surface area contributed by atoms with Crippen LogP contribution < -0.4 is 0 Å². The molecule has 0 spiro atoms. The molecule has 5 aliphatic carbocycles. The van der Waals surface area contributed by atoms with Crippen LogP contribution in [0.3, 0.4) is 0 Å². The number of rotatable bonds is 2. The van der Waals surface area contributed by atoms with E-state index in [0.717, 1.165) is 42.9 Å². The second-order valence-corrected chi connectivity index (χ2v) is 17.3. The maximum absolute atomic E-state index is 12.0. The van der Waals surface area contributed by atoms with Crippen molar-refractivity contribution in [2.75, 3.05) is 0 Å². The van der Waals surface area contributed by atoms with Crippen molar-refractivity contribution in [3.63, 3.8) is 0 Å². The van der Waals surface area contributed by atoms with Gasteiger partial charge in [-0.15, -0.1) is 0 Å². The number of hydrogen-bond donors (Lipinski definition) is 0. The fourth-order valence-electron chi connectivity index (χ4n) is 7.77. The highest BCUT2D eigenvalue weighted by atomic mass is 28.4. The maximum Gasteiger partial charge on any atom is 0.192 e. The second-order valence-electron chi connectivity index (χ2n) is 12.6. The molecule has 0 aromatic rings. The van der Waals surface area contributed by atoms with Crippen LogP contribution in [0, 0.1) is 29.1 Å². The molecule has 0 saturated heterocycles. The Bertz CT molecular complexity index is 744. The summed E-state index contributed by atoms with van der Waals surface area (Å²) in [6.07, 6.45) is 10.6. The lowest BCUT2D eigenvalue weighted by atomic mass is 9.53. The Morgan fingerprint density at radius 2 is 1.86 bits per heavy atom. The summed E-state index contributed by atoms with van der Waals surface area (Å²) in [7, 11) is -1.75.